The molecule has 0 aromatic heterocycles. The van der Waals surface area contributed by atoms with Crippen LogP contribution in [0, 0.1) is 35.0 Å². The van der Waals surface area contributed by atoms with Crippen molar-refractivity contribution < 1.29 is 9.22 Å². The lowest BCUT2D eigenvalue weighted by Crippen LogP contribution is -2.39. The number of Topliss-reactive ketones (excluding diaryl/α,β-unsaturated/α-hetero) is 1. The molecule has 0 saturated heterocycles. The SMILES string of the molecule is C[C@H](C#Cc1ccccc1C(C)(C)O[Si](C)(C)C)[C@H]1CC[C@H]2C(=O)CCC[C@]12C. The van der Waals surface area contributed by atoms with Gasteiger partial charge in [-0.1, -0.05) is 43.9 Å². The van der Waals surface area contributed by atoms with E-state index in [1.165, 1.54) is 12.0 Å². The lowest BCUT2D eigenvalue weighted by Gasteiger charge is -2.41. The van der Waals surface area contributed by atoms with E-state index < -0.39 is 8.32 Å². The first-order chi connectivity index (χ1) is 13.4. The van der Waals surface area contributed by atoms with Gasteiger partial charge in [-0.15, -0.1) is 0 Å². The van der Waals surface area contributed by atoms with Gasteiger partial charge in [-0.3, -0.25) is 4.79 Å². The quantitative estimate of drug-likeness (QED) is 0.416. The molecule has 4 atom stereocenters. The van der Waals surface area contributed by atoms with Crippen LogP contribution in [0.15, 0.2) is 24.3 Å². The van der Waals surface area contributed by atoms with Gasteiger partial charge in [0.05, 0.1) is 5.60 Å². The Morgan fingerprint density at radius 3 is 2.59 bits per heavy atom. The number of hydrogen-bond acceptors (Lipinski definition) is 2. The van der Waals surface area contributed by atoms with Gasteiger partial charge in [0, 0.05) is 23.8 Å². The summed E-state index contributed by atoms with van der Waals surface area (Å²) in [7, 11) is -1.68. The van der Waals surface area contributed by atoms with Crippen molar-refractivity contribution in [1.29, 1.82) is 0 Å². The van der Waals surface area contributed by atoms with E-state index in [4.69, 9.17) is 4.43 Å². The molecule has 2 fully saturated rings. The Morgan fingerprint density at radius 2 is 1.90 bits per heavy atom. The van der Waals surface area contributed by atoms with E-state index in [1.54, 1.807) is 0 Å². The molecule has 3 heteroatoms. The maximum absolute atomic E-state index is 12.5. The lowest BCUT2D eigenvalue weighted by atomic mass is 9.62. The topological polar surface area (TPSA) is 26.3 Å². The fraction of sp³-hybridized carbons (Fsp3) is 0.654. The minimum Gasteiger partial charge on any atom is -0.409 e. The molecule has 2 aliphatic carbocycles. The number of ketones is 1. The Hall–Kier alpha value is -1.37. The van der Waals surface area contributed by atoms with Crippen molar-refractivity contribution in [1.82, 2.24) is 0 Å². The van der Waals surface area contributed by atoms with E-state index in [0.29, 0.717) is 17.6 Å². The zero-order valence-electron chi connectivity index (χ0n) is 19.4. The van der Waals surface area contributed by atoms with Crippen LogP contribution >= 0.6 is 0 Å². The van der Waals surface area contributed by atoms with Gasteiger partial charge in [-0.2, -0.15) is 0 Å². The Labute approximate surface area is 178 Å². The van der Waals surface area contributed by atoms with Gasteiger partial charge in [-0.05, 0) is 82.1 Å². The predicted octanol–water partition coefficient (Wildman–Crippen LogP) is 6.55. The molecule has 2 nitrogen and oxygen atoms in total. The van der Waals surface area contributed by atoms with E-state index in [2.05, 4.69) is 83.4 Å². The Kier molecular flexibility index (Phi) is 6.19. The summed E-state index contributed by atoms with van der Waals surface area (Å²) in [5.41, 5.74) is 2.04. The first kappa shape index (κ1) is 22.3. The molecular weight excluding hydrogens is 372 g/mol. The number of benzene rings is 1. The molecule has 0 N–H and O–H groups in total. The molecule has 0 amide bonds. The third-order valence-corrected chi connectivity index (χ3v) is 8.23. The second-order valence-corrected chi connectivity index (χ2v) is 15.3. The zero-order valence-corrected chi connectivity index (χ0v) is 20.4. The first-order valence-corrected chi connectivity index (χ1v) is 14.7. The van der Waals surface area contributed by atoms with Crippen molar-refractivity contribution in [2.24, 2.45) is 23.2 Å². The Bertz CT molecular complexity index is 823. The van der Waals surface area contributed by atoms with Gasteiger partial charge in [0.25, 0.3) is 0 Å². The summed E-state index contributed by atoms with van der Waals surface area (Å²) in [6.45, 7) is 15.6. The second-order valence-electron chi connectivity index (χ2n) is 10.9. The monoisotopic (exact) mass is 410 g/mol. The predicted molar refractivity (Wildman–Crippen MR) is 123 cm³/mol. The van der Waals surface area contributed by atoms with Gasteiger partial charge in [0.1, 0.15) is 5.78 Å². The lowest BCUT2D eigenvalue weighted by molar-refractivity contribution is -0.129. The third-order valence-electron chi connectivity index (χ3n) is 7.11. The summed E-state index contributed by atoms with van der Waals surface area (Å²) in [5, 5.41) is 0. The van der Waals surface area contributed by atoms with Gasteiger partial charge >= 0.3 is 0 Å². The molecule has 0 aliphatic heterocycles. The molecule has 0 radical (unpaired) electrons. The molecule has 2 saturated carbocycles. The number of carbonyl (C=O) groups is 1. The highest BCUT2D eigenvalue weighted by Crippen LogP contribution is 2.56. The first-order valence-electron chi connectivity index (χ1n) is 11.3. The van der Waals surface area contributed by atoms with E-state index in [1.807, 2.05) is 0 Å². The van der Waals surface area contributed by atoms with Gasteiger partial charge in [0.2, 0.25) is 0 Å². The number of rotatable bonds is 4. The maximum Gasteiger partial charge on any atom is 0.184 e. The van der Waals surface area contributed by atoms with Crippen LogP contribution in [0.5, 0.6) is 0 Å². The smallest absolute Gasteiger partial charge is 0.184 e. The minimum atomic E-state index is -1.68. The number of carbonyl (C=O) groups excluding carboxylic acids is 1. The van der Waals surface area contributed by atoms with Crippen LogP contribution < -0.4 is 0 Å². The molecule has 0 spiro atoms. The summed E-state index contributed by atoms with van der Waals surface area (Å²) in [5.74, 6) is 8.67. The minimum absolute atomic E-state index is 0.142. The molecule has 1 aromatic rings. The summed E-state index contributed by atoms with van der Waals surface area (Å²) < 4.78 is 6.49. The van der Waals surface area contributed by atoms with E-state index >= 15 is 0 Å². The van der Waals surface area contributed by atoms with Crippen LogP contribution in [0.25, 0.3) is 0 Å². The maximum atomic E-state index is 12.5. The van der Waals surface area contributed by atoms with Crippen molar-refractivity contribution in [2.75, 3.05) is 0 Å². The third kappa shape index (κ3) is 4.70. The van der Waals surface area contributed by atoms with Crippen molar-refractivity contribution in [3.63, 3.8) is 0 Å². The molecule has 1 aromatic carbocycles. The van der Waals surface area contributed by atoms with Crippen LogP contribution in [0.1, 0.15) is 70.9 Å². The highest BCUT2D eigenvalue weighted by Gasteiger charge is 2.52. The number of hydrogen-bond donors (Lipinski definition) is 0. The Balaban J connectivity index is 1.85. The molecule has 3 rings (SSSR count). The van der Waals surface area contributed by atoms with E-state index in [0.717, 1.165) is 31.2 Å². The molecule has 158 valence electrons. The fourth-order valence-electron chi connectivity index (χ4n) is 6.02. The number of fused-ring (bicyclic) bond motifs is 1. The molecule has 29 heavy (non-hydrogen) atoms. The second kappa shape index (κ2) is 8.04. The average molecular weight is 411 g/mol. The van der Waals surface area contributed by atoms with Crippen LogP contribution in [-0.2, 0) is 14.8 Å². The van der Waals surface area contributed by atoms with E-state index in [-0.39, 0.29) is 16.9 Å². The standard InChI is InChI=1S/C26H38O2Si/c1-19(21-16-17-23-24(27)13-10-18-26(21,23)4)14-15-20-11-8-9-12-22(20)25(2,3)28-29(5,6)7/h8-9,11-12,19,21,23H,10,13,16-18H2,1-7H3/t19-,21-,23+,26-/m1/s1. The Morgan fingerprint density at radius 1 is 1.21 bits per heavy atom. The normalized spacial score (nSPS) is 28.4. The largest absolute Gasteiger partial charge is 0.409 e. The summed E-state index contributed by atoms with van der Waals surface area (Å²) >= 11 is 0. The molecular formula is C26H38O2Si. The zero-order chi connectivity index (χ0) is 21.4. The summed E-state index contributed by atoms with van der Waals surface area (Å²) in [6.07, 6.45) is 5.20. The highest BCUT2D eigenvalue weighted by molar-refractivity contribution is 6.69. The molecule has 0 heterocycles. The van der Waals surface area contributed by atoms with E-state index in [9.17, 15) is 4.79 Å². The average Bonchev–Trinajstić information content (AvgIpc) is 2.96. The van der Waals surface area contributed by atoms with Gasteiger partial charge in [-0.25, -0.2) is 0 Å². The van der Waals surface area contributed by atoms with Crippen LogP contribution in [0.2, 0.25) is 19.6 Å². The highest BCUT2D eigenvalue weighted by atomic mass is 28.4. The van der Waals surface area contributed by atoms with Crippen molar-refractivity contribution in [3.05, 3.63) is 35.4 Å². The van der Waals surface area contributed by atoms with Crippen LogP contribution in [0.3, 0.4) is 0 Å². The molecule has 0 bridgehead atoms. The van der Waals surface area contributed by atoms with Crippen molar-refractivity contribution >= 4 is 14.1 Å². The van der Waals surface area contributed by atoms with Gasteiger partial charge in [0.15, 0.2) is 8.32 Å². The van der Waals surface area contributed by atoms with Crippen LogP contribution in [-0.4, -0.2) is 14.1 Å². The summed E-state index contributed by atoms with van der Waals surface area (Å²) in [4.78, 5) is 12.5. The molecule has 2 aliphatic rings. The van der Waals surface area contributed by atoms with Crippen molar-refractivity contribution in [2.45, 2.75) is 85.0 Å². The van der Waals surface area contributed by atoms with Crippen LogP contribution in [0.4, 0.5) is 0 Å². The molecule has 0 unspecified atom stereocenters. The summed E-state index contributed by atoms with van der Waals surface area (Å²) in [6, 6.07) is 8.42. The van der Waals surface area contributed by atoms with Gasteiger partial charge < -0.3 is 4.43 Å². The van der Waals surface area contributed by atoms with Crippen molar-refractivity contribution in [3.8, 4) is 11.8 Å². The fourth-order valence-corrected chi connectivity index (χ4v) is 7.66.